The van der Waals surface area contributed by atoms with E-state index in [-0.39, 0.29) is 0 Å². The molecule has 14 heavy (non-hydrogen) atoms. The molecule has 0 bridgehead atoms. The molecule has 0 aromatic rings. The SMILES string of the molecule is C=C(C#CC)N1CCCC(C(C)C)C1. The average Bonchev–Trinajstić information content (AvgIpc) is 2.18. The zero-order valence-electron chi connectivity index (χ0n) is 9.64. The minimum absolute atomic E-state index is 0.778. The second kappa shape index (κ2) is 5.10. The molecule has 0 aliphatic carbocycles. The van der Waals surface area contributed by atoms with Crippen molar-refractivity contribution in [2.45, 2.75) is 33.6 Å². The Morgan fingerprint density at radius 1 is 1.50 bits per heavy atom. The smallest absolute Gasteiger partial charge is 0.0806 e. The molecule has 0 aromatic heterocycles. The van der Waals surface area contributed by atoms with Crippen molar-refractivity contribution >= 4 is 0 Å². The standard InChI is InChI=1S/C13H21N/c1-5-7-12(4)14-9-6-8-13(10-14)11(2)3/h11,13H,4,6,8-10H2,1-3H3. The fourth-order valence-corrected chi connectivity index (χ4v) is 2.02. The van der Waals surface area contributed by atoms with Crippen LogP contribution < -0.4 is 0 Å². The lowest BCUT2D eigenvalue weighted by atomic mass is 9.88. The molecule has 1 unspecified atom stereocenters. The molecule has 0 amide bonds. The van der Waals surface area contributed by atoms with E-state index in [4.69, 9.17) is 0 Å². The van der Waals surface area contributed by atoms with Crippen molar-refractivity contribution in [3.63, 3.8) is 0 Å². The van der Waals surface area contributed by atoms with Crippen LogP contribution in [0.25, 0.3) is 0 Å². The number of allylic oxidation sites excluding steroid dienone is 1. The molecule has 1 atom stereocenters. The molecule has 1 nitrogen and oxygen atoms in total. The van der Waals surface area contributed by atoms with Gasteiger partial charge in [0.1, 0.15) is 0 Å². The van der Waals surface area contributed by atoms with Gasteiger partial charge in [-0.1, -0.05) is 32.3 Å². The molecule has 78 valence electrons. The van der Waals surface area contributed by atoms with Gasteiger partial charge in [-0.15, -0.1) is 0 Å². The lowest BCUT2D eigenvalue weighted by Crippen LogP contribution is -2.36. The first-order valence-corrected chi connectivity index (χ1v) is 5.51. The van der Waals surface area contributed by atoms with Gasteiger partial charge >= 0.3 is 0 Å². The van der Waals surface area contributed by atoms with Gasteiger partial charge in [-0.05, 0) is 31.6 Å². The number of likely N-dealkylation sites (tertiary alicyclic amines) is 1. The second-order valence-electron chi connectivity index (χ2n) is 4.41. The summed E-state index contributed by atoms with van der Waals surface area (Å²) in [5.74, 6) is 7.57. The van der Waals surface area contributed by atoms with Crippen LogP contribution in [0.4, 0.5) is 0 Å². The third kappa shape index (κ3) is 2.80. The molecule has 0 spiro atoms. The van der Waals surface area contributed by atoms with E-state index in [0.717, 1.165) is 30.6 Å². The summed E-state index contributed by atoms with van der Waals surface area (Å²) in [6, 6.07) is 0. The van der Waals surface area contributed by atoms with Crippen LogP contribution in [0, 0.1) is 23.7 Å². The van der Waals surface area contributed by atoms with Crippen LogP contribution in [0.15, 0.2) is 12.3 Å². The van der Waals surface area contributed by atoms with E-state index in [1.165, 1.54) is 12.8 Å². The third-order valence-electron chi connectivity index (χ3n) is 3.05. The van der Waals surface area contributed by atoms with Gasteiger partial charge in [0.05, 0.1) is 5.70 Å². The van der Waals surface area contributed by atoms with Gasteiger partial charge in [-0.2, -0.15) is 0 Å². The van der Waals surface area contributed by atoms with Crippen molar-refractivity contribution < 1.29 is 0 Å². The Labute approximate surface area is 88.2 Å². The topological polar surface area (TPSA) is 3.24 Å². The van der Waals surface area contributed by atoms with Gasteiger partial charge < -0.3 is 4.90 Å². The summed E-state index contributed by atoms with van der Waals surface area (Å²) < 4.78 is 0. The molecule has 1 aliphatic rings. The van der Waals surface area contributed by atoms with Crippen molar-refractivity contribution in [2.24, 2.45) is 11.8 Å². The number of hydrogen-bond donors (Lipinski definition) is 0. The average molecular weight is 191 g/mol. The van der Waals surface area contributed by atoms with E-state index in [2.05, 4.69) is 37.2 Å². The maximum absolute atomic E-state index is 4.01. The molecule has 1 rings (SSSR count). The summed E-state index contributed by atoms with van der Waals surface area (Å²) in [7, 11) is 0. The molecule has 0 saturated carbocycles. The van der Waals surface area contributed by atoms with Crippen LogP contribution in [0.3, 0.4) is 0 Å². The van der Waals surface area contributed by atoms with Crippen LogP contribution in [0.2, 0.25) is 0 Å². The number of nitrogens with zero attached hydrogens (tertiary/aromatic N) is 1. The van der Waals surface area contributed by atoms with Crippen molar-refractivity contribution in [3.8, 4) is 11.8 Å². The van der Waals surface area contributed by atoms with E-state index < -0.39 is 0 Å². The minimum Gasteiger partial charge on any atom is -0.365 e. The first kappa shape index (κ1) is 11.2. The van der Waals surface area contributed by atoms with Crippen molar-refractivity contribution in [1.29, 1.82) is 0 Å². The fourth-order valence-electron chi connectivity index (χ4n) is 2.02. The molecular formula is C13H21N. The van der Waals surface area contributed by atoms with Gasteiger partial charge in [0.2, 0.25) is 0 Å². The molecule has 1 heterocycles. The Bertz CT molecular complexity index is 254. The summed E-state index contributed by atoms with van der Waals surface area (Å²) in [6.07, 6.45) is 2.65. The van der Waals surface area contributed by atoms with Crippen LogP contribution in [-0.4, -0.2) is 18.0 Å². The summed E-state index contributed by atoms with van der Waals surface area (Å²) >= 11 is 0. The van der Waals surface area contributed by atoms with Crippen LogP contribution in [-0.2, 0) is 0 Å². The van der Waals surface area contributed by atoms with Gasteiger partial charge in [-0.3, -0.25) is 0 Å². The predicted octanol–water partition coefficient (Wildman–Crippen LogP) is 2.89. The summed E-state index contributed by atoms with van der Waals surface area (Å²) in [5.41, 5.74) is 0.998. The van der Waals surface area contributed by atoms with Crippen molar-refractivity contribution in [1.82, 2.24) is 4.90 Å². The number of rotatable bonds is 2. The van der Waals surface area contributed by atoms with E-state index in [9.17, 15) is 0 Å². The first-order valence-electron chi connectivity index (χ1n) is 5.51. The maximum Gasteiger partial charge on any atom is 0.0806 e. The lowest BCUT2D eigenvalue weighted by molar-refractivity contribution is 0.185. The van der Waals surface area contributed by atoms with E-state index in [0.29, 0.717) is 0 Å². The Hall–Kier alpha value is -0.900. The van der Waals surface area contributed by atoms with Gasteiger partial charge in [-0.25, -0.2) is 0 Å². The zero-order chi connectivity index (χ0) is 10.6. The normalized spacial score (nSPS) is 21.7. The molecule has 0 radical (unpaired) electrons. The van der Waals surface area contributed by atoms with Crippen LogP contribution >= 0.6 is 0 Å². The van der Waals surface area contributed by atoms with Crippen molar-refractivity contribution in [3.05, 3.63) is 12.3 Å². The molecular weight excluding hydrogens is 170 g/mol. The van der Waals surface area contributed by atoms with Gasteiger partial charge in [0.15, 0.2) is 0 Å². The monoisotopic (exact) mass is 191 g/mol. The molecule has 1 aliphatic heterocycles. The molecule has 1 heteroatoms. The fraction of sp³-hybridized carbons (Fsp3) is 0.692. The molecule has 0 aromatic carbocycles. The summed E-state index contributed by atoms with van der Waals surface area (Å²) in [4.78, 5) is 2.34. The van der Waals surface area contributed by atoms with E-state index >= 15 is 0 Å². The lowest BCUT2D eigenvalue weighted by Gasteiger charge is -2.35. The second-order valence-corrected chi connectivity index (χ2v) is 4.41. The molecule has 0 N–H and O–H groups in total. The highest BCUT2D eigenvalue weighted by molar-refractivity contribution is 5.23. The van der Waals surface area contributed by atoms with E-state index in [1.54, 1.807) is 0 Å². The third-order valence-corrected chi connectivity index (χ3v) is 3.05. The predicted molar refractivity (Wildman–Crippen MR) is 61.7 cm³/mol. The van der Waals surface area contributed by atoms with E-state index in [1.807, 2.05) is 6.92 Å². The molecule has 1 fully saturated rings. The minimum atomic E-state index is 0.778. The van der Waals surface area contributed by atoms with Crippen molar-refractivity contribution in [2.75, 3.05) is 13.1 Å². The molecule has 1 saturated heterocycles. The Kier molecular flexibility index (Phi) is 4.07. The summed E-state index contributed by atoms with van der Waals surface area (Å²) in [5, 5.41) is 0. The maximum atomic E-state index is 4.01. The highest BCUT2D eigenvalue weighted by Crippen LogP contribution is 2.24. The quantitative estimate of drug-likeness (QED) is 0.607. The summed E-state index contributed by atoms with van der Waals surface area (Å²) in [6.45, 7) is 12.8. The Morgan fingerprint density at radius 3 is 2.79 bits per heavy atom. The van der Waals surface area contributed by atoms with Gasteiger partial charge in [0.25, 0.3) is 0 Å². The van der Waals surface area contributed by atoms with Crippen LogP contribution in [0.5, 0.6) is 0 Å². The zero-order valence-corrected chi connectivity index (χ0v) is 9.64. The largest absolute Gasteiger partial charge is 0.365 e. The number of piperidine rings is 1. The first-order chi connectivity index (χ1) is 6.65. The Morgan fingerprint density at radius 2 is 2.21 bits per heavy atom. The Balaban J connectivity index is 2.54. The van der Waals surface area contributed by atoms with Crippen LogP contribution in [0.1, 0.15) is 33.6 Å². The highest BCUT2D eigenvalue weighted by atomic mass is 15.1. The number of hydrogen-bond acceptors (Lipinski definition) is 1. The van der Waals surface area contributed by atoms with Gasteiger partial charge in [0, 0.05) is 13.1 Å². The highest BCUT2D eigenvalue weighted by Gasteiger charge is 2.22.